The molecule has 1 aromatic heterocycles. The Morgan fingerprint density at radius 3 is 2.83 bits per heavy atom. The van der Waals surface area contributed by atoms with E-state index in [2.05, 4.69) is 46.3 Å². The van der Waals surface area contributed by atoms with Crippen LogP contribution in [-0.2, 0) is 6.54 Å². The van der Waals surface area contributed by atoms with Crippen molar-refractivity contribution in [3.05, 3.63) is 23.9 Å². The molecular weight excluding hydrogens is 224 g/mol. The minimum atomic E-state index is 0.624. The largest absolute Gasteiger partial charge is 0.357 e. The molecule has 18 heavy (non-hydrogen) atoms. The molecule has 0 radical (unpaired) electrons. The van der Waals surface area contributed by atoms with Gasteiger partial charge in [0.1, 0.15) is 5.82 Å². The highest BCUT2D eigenvalue weighted by Gasteiger charge is 2.21. The highest BCUT2D eigenvalue weighted by Crippen LogP contribution is 2.20. The van der Waals surface area contributed by atoms with Crippen molar-refractivity contribution < 1.29 is 0 Å². The van der Waals surface area contributed by atoms with Crippen molar-refractivity contribution in [3.63, 3.8) is 0 Å². The summed E-state index contributed by atoms with van der Waals surface area (Å²) in [6, 6.07) is 4.88. The lowest BCUT2D eigenvalue weighted by Gasteiger charge is -2.35. The average Bonchev–Trinajstić information content (AvgIpc) is 2.39. The number of aromatic nitrogens is 1. The lowest BCUT2D eigenvalue weighted by atomic mass is 10.0. The van der Waals surface area contributed by atoms with Crippen molar-refractivity contribution in [1.82, 2.24) is 15.2 Å². The minimum absolute atomic E-state index is 0.624. The van der Waals surface area contributed by atoms with E-state index in [0.29, 0.717) is 6.04 Å². The van der Waals surface area contributed by atoms with Crippen LogP contribution in [0.1, 0.15) is 18.4 Å². The van der Waals surface area contributed by atoms with Gasteiger partial charge in [-0.1, -0.05) is 0 Å². The fourth-order valence-corrected chi connectivity index (χ4v) is 2.54. The summed E-state index contributed by atoms with van der Waals surface area (Å²) in [5.74, 6) is 1.09. The van der Waals surface area contributed by atoms with Crippen molar-refractivity contribution >= 4 is 5.82 Å². The fraction of sp³-hybridized carbons (Fsp3) is 0.643. The van der Waals surface area contributed by atoms with Gasteiger partial charge in [0, 0.05) is 25.8 Å². The number of nitrogens with zero attached hydrogens (tertiary/aromatic N) is 3. The molecule has 0 spiro atoms. The molecule has 0 unspecified atom stereocenters. The molecule has 0 bridgehead atoms. The molecule has 4 heteroatoms. The normalized spacial score (nSPS) is 17.9. The lowest BCUT2D eigenvalue weighted by molar-refractivity contribution is 0.252. The summed E-state index contributed by atoms with van der Waals surface area (Å²) in [5.41, 5.74) is 1.29. The third-order valence-corrected chi connectivity index (χ3v) is 3.79. The Balaban J connectivity index is 2.03. The summed E-state index contributed by atoms with van der Waals surface area (Å²) in [4.78, 5) is 9.24. The molecule has 1 aromatic rings. The summed E-state index contributed by atoms with van der Waals surface area (Å²) in [5, 5.41) is 3.18. The molecule has 1 fully saturated rings. The van der Waals surface area contributed by atoms with Crippen LogP contribution in [0, 0.1) is 0 Å². The second kappa shape index (κ2) is 6.16. The number of nitrogens with one attached hydrogen (secondary N) is 1. The van der Waals surface area contributed by atoms with Gasteiger partial charge >= 0.3 is 0 Å². The predicted molar refractivity (Wildman–Crippen MR) is 75.9 cm³/mol. The third-order valence-electron chi connectivity index (χ3n) is 3.79. The molecule has 0 aromatic carbocycles. The van der Waals surface area contributed by atoms with Crippen molar-refractivity contribution in [2.45, 2.75) is 25.4 Å². The van der Waals surface area contributed by atoms with E-state index in [-0.39, 0.29) is 0 Å². The number of rotatable bonds is 4. The van der Waals surface area contributed by atoms with Crippen LogP contribution in [0.15, 0.2) is 18.3 Å². The van der Waals surface area contributed by atoms with Gasteiger partial charge in [-0.05, 0) is 57.7 Å². The van der Waals surface area contributed by atoms with E-state index in [0.717, 1.165) is 12.4 Å². The van der Waals surface area contributed by atoms with Crippen LogP contribution in [0.5, 0.6) is 0 Å². The molecule has 2 rings (SSSR count). The molecule has 2 heterocycles. The van der Waals surface area contributed by atoms with Crippen LogP contribution in [0.25, 0.3) is 0 Å². The molecule has 1 aliphatic rings. The second-order valence-corrected chi connectivity index (χ2v) is 5.20. The molecule has 1 N–H and O–H groups in total. The monoisotopic (exact) mass is 248 g/mol. The number of anilines is 1. The second-order valence-electron chi connectivity index (χ2n) is 5.20. The standard InChI is InChI=1S/C14H24N4/c1-15-11-12-4-7-16-14(10-12)18(3)13-5-8-17(2)9-6-13/h4,7,10,13,15H,5-6,8-9,11H2,1-3H3. The smallest absolute Gasteiger partial charge is 0.128 e. The maximum Gasteiger partial charge on any atom is 0.128 e. The first kappa shape index (κ1) is 13.3. The van der Waals surface area contributed by atoms with Gasteiger partial charge in [0.2, 0.25) is 0 Å². The Morgan fingerprint density at radius 1 is 1.44 bits per heavy atom. The summed E-state index contributed by atoms with van der Waals surface area (Å²) >= 11 is 0. The van der Waals surface area contributed by atoms with Crippen LogP contribution >= 0.6 is 0 Å². The van der Waals surface area contributed by atoms with Gasteiger partial charge in [-0.3, -0.25) is 0 Å². The van der Waals surface area contributed by atoms with E-state index in [1.54, 1.807) is 0 Å². The zero-order chi connectivity index (χ0) is 13.0. The summed E-state index contributed by atoms with van der Waals surface area (Å²) in [6.45, 7) is 3.27. The third kappa shape index (κ3) is 3.21. The van der Waals surface area contributed by atoms with Crippen molar-refractivity contribution in [2.75, 3.05) is 39.1 Å². The SMILES string of the molecule is CNCc1ccnc(N(C)C2CCN(C)CC2)c1. The zero-order valence-electron chi connectivity index (χ0n) is 11.7. The number of hydrogen-bond donors (Lipinski definition) is 1. The molecular formula is C14H24N4. The van der Waals surface area contributed by atoms with Crippen LogP contribution in [0.3, 0.4) is 0 Å². The fourth-order valence-electron chi connectivity index (χ4n) is 2.54. The van der Waals surface area contributed by atoms with Crippen molar-refractivity contribution in [1.29, 1.82) is 0 Å². The summed E-state index contributed by atoms with van der Waals surface area (Å²) in [7, 11) is 6.34. The molecule has 4 nitrogen and oxygen atoms in total. The quantitative estimate of drug-likeness (QED) is 0.871. The van der Waals surface area contributed by atoms with E-state index in [1.165, 1.54) is 31.5 Å². The van der Waals surface area contributed by atoms with Crippen LogP contribution in [-0.4, -0.2) is 50.2 Å². The maximum absolute atomic E-state index is 4.50. The van der Waals surface area contributed by atoms with Crippen LogP contribution in [0.2, 0.25) is 0 Å². The summed E-state index contributed by atoms with van der Waals surface area (Å²) in [6.07, 6.45) is 4.36. The predicted octanol–water partition coefficient (Wildman–Crippen LogP) is 1.33. The average molecular weight is 248 g/mol. The van der Waals surface area contributed by atoms with E-state index in [4.69, 9.17) is 0 Å². The van der Waals surface area contributed by atoms with E-state index in [1.807, 2.05) is 13.2 Å². The van der Waals surface area contributed by atoms with Gasteiger partial charge in [-0.15, -0.1) is 0 Å². The molecule has 100 valence electrons. The summed E-state index contributed by atoms with van der Waals surface area (Å²) < 4.78 is 0. The Kier molecular flexibility index (Phi) is 4.55. The van der Waals surface area contributed by atoms with Gasteiger partial charge in [0.15, 0.2) is 0 Å². The van der Waals surface area contributed by atoms with Gasteiger partial charge in [0.25, 0.3) is 0 Å². The van der Waals surface area contributed by atoms with E-state index < -0.39 is 0 Å². The molecule has 0 amide bonds. The zero-order valence-corrected chi connectivity index (χ0v) is 11.7. The topological polar surface area (TPSA) is 31.4 Å². The highest BCUT2D eigenvalue weighted by atomic mass is 15.2. The molecule has 0 aliphatic carbocycles. The van der Waals surface area contributed by atoms with Crippen LogP contribution < -0.4 is 10.2 Å². The lowest BCUT2D eigenvalue weighted by Crippen LogP contribution is -2.42. The first-order valence-corrected chi connectivity index (χ1v) is 6.71. The van der Waals surface area contributed by atoms with Gasteiger partial charge in [-0.25, -0.2) is 4.98 Å². The molecule has 1 aliphatic heterocycles. The maximum atomic E-state index is 4.50. The first-order valence-electron chi connectivity index (χ1n) is 6.71. The van der Waals surface area contributed by atoms with Crippen molar-refractivity contribution in [3.8, 4) is 0 Å². The highest BCUT2D eigenvalue weighted by molar-refractivity contribution is 5.41. The van der Waals surface area contributed by atoms with Crippen LogP contribution in [0.4, 0.5) is 5.82 Å². The Morgan fingerprint density at radius 2 is 2.17 bits per heavy atom. The Hall–Kier alpha value is -1.13. The molecule has 1 saturated heterocycles. The minimum Gasteiger partial charge on any atom is -0.357 e. The number of piperidine rings is 1. The van der Waals surface area contributed by atoms with Crippen molar-refractivity contribution in [2.24, 2.45) is 0 Å². The Bertz CT molecular complexity index is 372. The Labute approximate surface area is 110 Å². The number of likely N-dealkylation sites (tertiary alicyclic amines) is 1. The van der Waals surface area contributed by atoms with Gasteiger partial charge < -0.3 is 15.1 Å². The first-order chi connectivity index (χ1) is 8.70. The molecule has 0 saturated carbocycles. The van der Waals surface area contributed by atoms with Gasteiger partial charge in [0.05, 0.1) is 0 Å². The molecule has 0 atom stereocenters. The number of hydrogen-bond acceptors (Lipinski definition) is 4. The van der Waals surface area contributed by atoms with E-state index in [9.17, 15) is 0 Å². The van der Waals surface area contributed by atoms with E-state index >= 15 is 0 Å². The van der Waals surface area contributed by atoms with Gasteiger partial charge in [-0.2, -0.15) is 0 Å². The number of pyridine rings is 1.